The number of amides is 1. The van der Waals surface area contributed by atoms with Gasteiger partial charge in [-0.15, -0.1) is 0 Å². The highest BCUT2D eigenvalue weighted by Crippen LogP contribution is 2.35. The van der Waals surface area contributed by atoms with Crippen molar-refractivity contribution in [2.45, 2.75) is 0 Å². The van der Waals surface area contributed by atoms with Gasteiger partial charge in [0.2, 0.25) is 0 Å². The van der Waals surface area contributed by atoms with Gasteiger partial charge in [0.25, 0.3) is 0 Å². The Labute approximate surface area is 151 Å². The third-order valence-corrected chi connectivity index (χ3v) is 5.40. The number of hydrogen-bond acceptors (Lipinski definition) is 5. The van der Waals surface area contributed by atoms with Gasteiger partial charge in [0, 0.05) is 24.6 Å². The average molecular weight is 366 g/mol. The van der Waals surface area contributed by atoms with Crippen molar-refractivity contribution in [1.82, 2.24) is 4.57 Å². The third-order valence-electron chi connectivity index (χ3n) is 4.31. The topological polar surface area (TPSA) is 66.0 Å². The minimum atomic E-state index is -0.402. The molecular formula is C19H14N2O4S. The fraction of sp³-hybridized carbons (Fsp3) is 0.158. The van der Waals surface area contributed by atoms with Crippen molar-refractivity contribution in [2.24, 2.45) is 12.0 Å². The van der Waals surface area contributed by atoms with Gasteiger partial charge in [-0.25, -0.2) is 0 Å². The molecule has 2 aromatic heterocycles. The van der Waals surface area contributed by atoms with Crippen molar-refractivity contribution < 1.29 is 18.7 Å². The zero-order valence-corrected chi connectivity index (χ0v) is 14.7. The summed E-state index contributed by atoms with van der Waals surface area (Å²) in [6.45, 7) is 1.08. The molecule has 1 aliphatic heterocycles. The van der Waals surface area contributed by atoms with Crippen LogP contribution in [-0.2, 0) is 7.05 Å². The number of carbonyl (C=O) groups excluding carboxylic acids is 1. The van der Waals surface area contributed by atoms with Crippen molar-refractivity contribution >= 4 is 38.4 Å². The molecule has 6 nitrogen and oxygen atoms in total. The van der Waals surface area contributed by atoms with Crippen LogP contribution in [0.3, 0.4) is 0 Å². The summed E-state index contributed by atoms with van der Waals surface area (Å²) in [4.78, 5) is 17.4. The lowest BCUT2D eigenvalue weighted by Gasteiger charge is -2.18. The zero-order valence-electron chi connectivity index (χ0n) is 13.9. The van der Waals surface area contributed by atoms with Crippen LogP contribution in [0, 0.1) is 0 Å². The molecule has 5 rings (SSSR count). The van der Waals surface area contributed by atoms with Crippen molar-refractivity contribution in [1.29, 1.82) is 0 Å². The monoisotopic (exact) mass is 366 g/mol. The van der Waals surface area contributed by atoms with Crippen LogP contribution >= 0.6 is 11.3 Å². The third kappa shape index (κ3) is 2.40. The molecule has 0 spiro atoms. The lowest BCUT2D eigenvalue weighted by atomic mass is 10.2. The smallest absolute Gasteiger partial charge is 0.315 e. The molecule has 7 heteroatoms. The second-order valence-electron chi connectivity index (χ2n) is 5.97. The van der Waals surface area contributed by atoms with E-state index in [2.05, 4.69) is 4.99 Å². The zero-order chi connectivity index (χ0) is 17.7. The van der Waals surface area contributed by atoms with E-state index in [9.17, 15) is 4.79 Å². The van der Waals surface area contributed by atoms with Crippen molar-refractivity contribution in [3.05, 3.63) is 53.0 Å². The van der Waals surface area contributed by atoms with E-state index in [1.807, 2.05) is 48.0 Å². The maximum absolute atomic E-state index is 12.6. The molecule has 1 amide bonds. The molecule has 3 heterocycles. The molecule has 4 aromatic rings. The van der Waals surface area contributed by atoms with E-state index >= 15 is 0 Å². The summed E-state index contributed by atoms with van der Waals surface area (Å²) in [6.07, 6.45) is 0. The Balaban J connectivity index is 1.61. The molecule has 1 aliphatic rings. The summed E-state index contributed by atoms with van der Waals surface area (Å²) in [6, 6.07) is 13.1. The number of carbonyl (C=O) groups is 1. The number of furan rings is 1. The Kier molecular flexibility index (Phi) is 3.36. The Bertz CT molecular complexity index is 1200. The number of nitrogens with zero attached hydrogens (tertiary/aromatic N) is 2. The first-order valence-electron chi connectivity index (χ1n) is 8.16. The number of para-hydroxylation sites is 1. The molecule has 0 saturated carbocycles. The van der Waals surface area contributed by atoms with E-state index < -0.39 is 5.91 Å². The lowest BCUT2D eigenvalue weighted by Crippen LogP contribution is -2.15. The van der Waals surface area contributed by atoms with Crippen LogP contribution in [0.15, 0.2) is 51.9 Å². The summed E-state index contributed by atoms with van der Waals surface area (Å²) in [5.74, 6) is 1.27. The maximum atomic E-state index is 12.6. The van der Waals surface area contributed by atoms with E-state index in [1.165, 1.54) is 11.3 Å². The number of thiazole rings is 1. The molecule has 2 aromatic carbocycles. The number of benzene rings is 2. The fourth-order valence-corrected chi connectivity index (χ4v) is 4.03. The van der Waals surface area contributed by atoms with Crippen molar-refractivity contribution in [3.8, 4) is 11.5 Å². The first-order chi connectivity index (χ1) is 12.7. The van der Waals surface area contributed by atoms with Crippen LogP contribution in [0.1, 0.15) is 10.6 Å². The van der Waals surface area contributed by atoms with Crippen molar-refractivity contribution in [2.75, 3.05) is 13.2 Å². The number of aryl methyl sites for hydroxylation is 1. The van der Waals surface area contributed by atoms with Crippen molar-refractivity contribution in [3.63, 3.8) is 0 Å². The predicted octanol–water partition coefficient (Wildman–Crippen LogP) is 3.50. The molecule has 0 saturated heterocycles. The Hall–Kier alpha value is -3.06. The first kappa shape index (κ1) is 15.2. The standard InChI is InChI=1S/C19H14N2O4S/c1-21-12-9-14-15(24-7-6-23-14)10-17(12)26-19(21)20-18(22)16-8-11-4-2-3-5-13(11)25-16/h2-5,8-10H,6-7H2,1H3. The van der Waals surface area contributed by atoms with Gasteiger partial charge in [0.1, 0.15) is 18.8 Å². The van der Waals surface area contributed by atoms with Crippen LogP contribution in [0.25, 0.3) is 21.2 Å². The number of fused-ring (bicyclic) bond motifs is 3. The molecule has 0 aliphatic carbocycles. The normalized spacial score (nSPS) is 14.3. The van der Waals surface area contributed by atoms with Gasteiger partial charge in [-0.1, -0.05) is 29.5 Å². The summed E-state index contributed by atoms with van der Waals surface area (Å²) in [5.41, 5.74) is 1.61. The molecule has 0 atom stereocenters. The van der Waals surface area contributed by atoms with Gasteiger partial charge in [-0.3, -0.25) is 4.79 Å². The lowest BCUT2D eigenvalue weighted by molar-refractivity contribution is 0.0973. The molecule has 0 N–H and O–H groups in total. The van der Waals surface area contributed by atoms with E-state index in [1.54, 1.807) is 6.07 Å². The number of ether oxygens (including phenoxy) is 2. The quantitative estimate of drug-likeness (QED) is 0.517. The van der Waals surface area contributed by atoms with Crippen LogP contribution < -0.4 is 14.3 Å². The highest BCUT2D eigenvalue weighted by Gasteiger charge is 2.16. The maximum Gasteiger partial charge on any atom is 0.315 e. The molecular weight excluding hydrogens is 352 g/mol. The summed E-state index contributed by atoms with van der Waals surface area (Å²) in [7, 11) is 1.87. The van der Waals surface area contributed by atoms with Gasteiger partial charge >= 0.3 is 5.91 Å². The summed E-state index contributed by atoms with van der Waals surface area (Å²) in [5, 5.41) is 0.883. The summed E-state index contributed by atoms with van der Waals surface area (Å²) >= 11 is 1.42. The van der Waals surface area contributed by atoms with Crippen LogP contribution in [0.4, 0.5) is 0 Å². The van der Waals surface area contributed by atoms with Gasteiger partial charge in [-0.2, -0.15) is 4.99 Å². The summed E-state index contributed by atoms with van der Waals surface area (Å²) < 4.78 is 19.7. The SMILES string of the molecule is Cn1c(=NC(=O)c2cc3ccccc3o2)sc2cc3c(cc21)OCCO3. The van der Waals surface area contributed by atoms with E-state index in [4.69, 9.17) is 13.9 Å². The second kappa shape index (κ2) is 5.74. The highest BCUT2D eigenvalue weighted by atomic mass is 32.1. The van der Waals surface area contributed by atoms with Crippen LogP contribution in [0.2, 0.25) is 0 Å². The predicted molar refractivity (Wildman–Crippen MR) is 97.9 cm³/mol. The van der Waals surface area contributed by atoms with Crippen LogP contribution in [-0.4, -0.2) is 23.7 Å². The largest absolute Gasteiger partial charge is 0.486 e. The van der Waals surface area contributed by atoms with E-state index in [0.717, 1.165) is 21.4 Å². The molecule has 130 valence electrons. The molecule has 0 radical (unpaired) electrons. The van der Waals surface area contributed by atoms with Gasteiger partial charge in [-0.05, 0) is 12.1 Å². The fourth-order valence-electron chi connectivity index (χ4n) is 3.00. The van der Waals surface area contributed by atoms with Gasteiger partial charge < -0.3 is 18.5 Å². The number of aromatic nitrogens is 1. The minimum absolute atomic E-state index is 0.231. The molecule has 0 unspecified atom stereocenters. The van der Waals surface area contributed by atoms with Gasteiger partial charge in [0.15, 0.2) is 22.1 Å². The molecule has 0 bridgehead atoms. The molecule has 26 heavy (non-hydrogen) atoms. The van der Waals surface area contributed by atoms with E-state index in [-0.39, 0.29) is 5.76 Å². The second-order valence-corrected chi connectivity index (χ2v) is 6.98. The Morgan fingerprint density at radius 1 is 1.12 bits per heavy atom. The highest BCUT2D eigenvalue weighted by molar-refractivity contribution is 7.16. The van der Waals surface area contributed by atoms with Crippen LogP contribution in [0.5, 0.6) is 11.5 Å². The Morgan fingerprint density at radius 3 is 2.69 bits per heavy atom. The first-order valence-corrected chi connectivity index (χ1v) is 8.97. The van der Waals surface area contributed by atoms with Gasteiger partial charge in [0.05, 0.1) is 10.2 Å². The number of hydrogen-bond donors (Lipinski definition) is 0. The molecule has 0 fully saturated rings. The number of rotatable bonds is 1. The minimum Gasteiger partial charge on any atom is -0.486 e. The average Bonchev–Trinajstić information content (AvgIpc) is 3.22. The Morgan fingerprint density at radius 2 is 1.88 bits per heavy atom. The van der Waals surface area contributed by atoms with E-state index in [0.29, 0.717) is 29.3 Å².